The van der Waals surface area contributed by atoms with Gasteiger partial charge in [0, 0.05) is 47.4 Å². The molecular formula is C24H19Cl2F2N9. The molecule has 2 unspecified atom stereocenters. The van der Waals surface area contributed by atoms with E-state index in [9.17, 15) is 14.0 Å². The van der Waals surface area contributed by atoms with Crippen LogP contribution < -0.4 is 27.0 Å². The lowest BCUT2D eigenvalue weighted by Gasteiger charge is -2.39. The first kappa shape index (κ1) is 24.7. The van der Waals surface area contributed by atoms with Gasteiger partial charge in [-0.15, -0.1) is 11.6 Å². The molecule has 3 aromatic rings. The number of aromatic nitrogens is 2. The summed E-state index contributed by atoms with van der Waals surface area (Å²) in [6, 6.07) is 6.08. The number of alkyl halides is 1. The van der Waals surface area contributed by atoms with Crippen molar-refractivity contribution >= 4 is 57.4 Å². The lowest BCUT2D eigenvalue weighted by atomic mass is 9.77. The van der Waals surface area contributed by atoms with Crippen molar-refractivity contribution < 1.29 is 8.78 Å². The number of hydrogen-bond donors (Lipinski definition) is 5. The van der Waals surface area contributed by atoms with Crippen LogP contribution in [-0.2, 0) is 0 Å². The van der Waals surface area contributed by atoms with Crippen LogP contribution in [0.4, 0.5) is 25.8 Å². The number of allylic oxidation sites excluding steroid dienone is 1. The van der Waals surface area contributed by atoms with Gasteiger partial charge in [0.1, 0.15) is 6.07 Å². The number of nitriles is 1. The Morgan fingerprint density at radius 3 is 2.73 bits per heavy atom. The second-order valence-corrected chi connectivity index (χ2v) is 9.47. The van der Waals surface area contributed by atoms with E-state index >= 15 is 0 Å². The van der Waals surface area contributed by atoms with Gasteiger partial charge in [0.2, 0.25) is 5.95 Å². The summed E-state index contributed by atoms with van der Waals surface area (Å²) in [5.74, 6) is -2.35. The maximum absolute atomic E-state index is 13.8. The van der Waals surface area contributed by atoms with Crippen LogP contribution in [0, 0.1) is 28.5 Å². The van der Waals surface area contributed by atoms with Gasteiger partial charge in [-0.2, -0.15) is 15.2 Å². The number of nitrogens with one attached hydrogen (secondary N) is 5. The Hall–Kier alpha value is -3.98. The van der Waals surface area contributed by atoms with Gasteiger partial charge in [-0.3, -0.25) is 9.98 Å². The largest absolute Gasteiger partial charge is 0.376 e. The molecule has 2 aromatic heterocycles. The number of rotatable bonds is 6. The van der Waals surface area contributed by atoms with Gasteiger partial charge < -0.3 is 21.5 Å². The van der Waals surface area contributed by atoms with Crippen molar-refractivity contribution in [3.8, 4) is 6.07 Å². The molecule has 5 rings (SSSR count). The van der Waals surface area contributed by atoms with E-state index in [1.165, 1.54) is 6.20 Å². The lowest BCUT2D eigenvalue weighted by Crippen LogP contribution is -2.50. The van der Waals surface area contributed by atoms with Crippen molar-refractivity contribution in [2.45, 2.75) is 18.3 Å². The standard InChI is InChI=1S/C24H19Cl2F2N9/c1-24(11-30-3-2-19(24)26)22(18-10-33-37-36-18)35-13-4-15-20(34-14-6-17(27)23(28)32-9-14)12(7-29)8-31-21(15)16(25)5-13/h2-6,8-11,19,22,33,35-37H,1H3,(H,31,34)/t19?,22-,24?/m1/s1. The molecule has 0 spiro atoms. The van der Waals surface area contributed by atoms with Crippen LogP contribution in [0.15, 0.2) is 59.8 Å². The molecule has 13 heteroatoms. The van der Waals surface area contributed by atoms with Crippen molar-refractivity contribution in [3.05, 3.63) is 77.1 Å². The number of benzene rings is 1. The number of hydrogen-bond acceptors (Lipinski definition) is 9. The molecule has 4 heterocycles. The van der Waals surface area contributed by atoms with E-state index in [0.717, 1.165) is 18.0 Å². The molecule has 37 heavy (non-hydrogen) atoms. The number of hydrazine groups is 2. The van der Waals surface area contributed by atoms with Crippen molar-refractivity contribution in [2.24, 2.45) is 10.4 Å². The Bertz CT molecular complexity index is 1520. The number of halogens is 4. The first-order valence-corrected chi connectivity index (χ1v) is 11.8. The van der Waals surface area contributed by atoms with Crippen LogP contribution in [0.5, 0.6) is 0 Å². The van der Waals surface area contributed by atoms with Crippen LogP contribution in [0.2, 0.25) is 5.02 Å². The fraction of sp³-hybridized carbons (Fsp3) is 0.167. The zero-order chi connectivity index (χ0) is 26.2. The van der Waals surface area contributed by atoms with Gasteiger partial charge in [0.15, 0.2) is 5.82 Å². The summed E-state index contributed by atoms with van der Waals surface area (Å²) in [6.45, 7) is 1.97. The molecule has 3 atom stereocenters. The van der Waals surface area contributed by atoms with Crippen LogP contribution in [0.3, 0.4) is 0 Å². The highest BCUT2D eigenvalue weighted by Gasteiger charge is 2.42. The predicted octanol–water partition coefficient (Wildman–Crippen LogP) is 4.62. The highest BCUT2D eigenvalue weighted by Crippen LogP contribution is 2.39. The highest BCUT2D eigenvalue weighted by molar-refractivity contribution is 6.36. The maximum atomic E-state index is 13.8. The summed E-state index contributed by atoms with van der Waals surface area (Å²) in [6.07, 6.45) is 9.48. The minimum atomic E-state index is -1.22. The first-order chi connectivity index (χ1) is 17.8. The molecule has 1 aromatic carbocycles. The third-order valence-corrected chi connectivity index (χ3v) is 7.05. The fourth-order valence-electron chi connectivity index (χ4n) is 4.19. The molecule has 2 aliphatic rings. The predicted molar refractivity (Wildman–Crippen MR) is 139 cm³/mol. The third-order valence-electron chi connectivity index (χ3n) is 6.15. The lowest BCUT2D eigenvalue weighted by molar-refractivity contribution is 0.420. The van der Waals surface area contributed by atoms with Crippen molar-refractivity contribution in [2.75, 3.05) is 10.6 Å². The Labute approximate surface area is 220 Å². The molecule has 0 amide bonds. The topological polar surface area (TPSA) is 122 Å². The maximum Gasteiger partial charge on any atom is 0.249 e. The number of nitrogens with zero attached hydrogens (tertiary/aromatic N) is 4. The Morgan fingerprint density at radius 2 is 2.03 bits per heavy atom. The molecule has 0 aliphatic carbocycles. The van der Waals surface area contributed by atoms with Gasteiger partial charge in [0.25, 0.3) is 0 Å². The van der Waals surface area contributed by atoms with E-state index in [1.807, 2.05) is 6.92 Å². The number of anilines is 3. The molecule has 9 nitrogen and oxygen atoms in total. The van der Waals surface area contributed by atoms with Crippen LogP contribution >= 0.6 is 23.2 Å². The second-order valence-electron chi connectivity index (χ2n) is 8.59. The molecule has 0 saturated heterocycles. The van der Waals surface area contributed by atoms with Crippen LogP contribution in [0.1, 0.15) is 12.5 Å². The van der Waals surface area contributed by atoms with E-state index in [-0.39, 0.29) is 16.6 Å². The average Bonchev–Trinajstić information content (AvgIpc) is 3.41. The van der Waals surface area contributed by atoms with Gasteiger partial charge >= 0.3 is 0 Å². The van der Waals surface area contributed by atoms with E-state index in [1.54, 1.807) is 36.8 Å². The number of aliphatic imine (C=N–C) groups is 1. The SMILES string of the molecule is CC1([C@H](Nc2cc(Cl)c3ncc(C#N)c(Nc4cnc(F)c(F)c4)c3c2)C2=CNNN2)C=NC=CC1Cl. The molecule has 0 saturated carbocycles. The minimum Gasteiger partial charge on any atom is -0.376 e. The van der Waals surface area contributed by atoms with Crippen molar-refractivity contribution in [1.29, 1.82) is 5.26 Å². The zero-order valence-corrected chi connectivity index (χ0v) is 20.7. The normalized spacial score (nSPS) is 21.1. The van der Waals surface area contributed by atoms with Crippen molar-refractivity contribution in [1.82, 2.24) is 26.4 Å². The molecule has 188 valence electrons. The quantitative estimate of drug-likeness (QED) is 0.226. The number of fused-ring (bicyclic) bond motifs is 1. The average molecular weight is 542 g/mol. The minimum absolute atomic E-state index is 0.149. The third kappa shape index (κ3) is 4.62. The Balaban J connectivity index is 1.60. The highest BCUT2D eigenvalue weighted by atomic mass is 35.5. The van der Waals surface area contributed by atoms with Gasteiger partial charge in [-0.25, -0.2) is 9.37 Å². The second kappa shape index (κ2) is 9.82. The van der Waals surface area contributed by atoms with Gasteiger partial charge in [-0.1, -0.05) is 18.5 Å². The van der Waals surface area contributed by atoms with E-state index < -0.39 is 23.2 Å². The summed E-state index contributed by atoms with van der Waals surface area (Å²) >= 11 is 13.3. The van der Waals surface area contributed by atoms with E-state index in [0.29, 0.717) is 27.3 Å². The van der Waals surface area contributed by atoms with E-state index in [2.05, 4.69) is 48.0 Å². The molecule has 0 radical (unpaired) electrons. The molecule has 2 aliphatic heterocycles. The molecule has 0 bridgehead atoms. The Morgan fingerprint density at radius 1 is 1.19 bits per heavy atom. The monoisotopic (exact) mass is 541 g/mol. The number of pyridine rings is 2. The van der Waals surface area contributed by atoms with Gasteiger partial charge in [-0.05, 0) is 18.2 Å². The molecule has 0 fully saturated rings. The first-order valence-electron chi connectivity index (χ1n) is 11.0. The summed E-state index contributed by atoms with van der Waals surface area (Å²) in [7, 11) is 0. The Kier molecular flexibility index (Phi) is 6.55. The van der Waals surface area contributed by atoms with E-state index in [4.69, 9.17) is 23.2 Å². The zero-order valence-electron chi connectivity index (χ0n) is 19.2. The van der Waals surface area contributed by atoms with Gasteiger partial charge in [0.05, 0.1) is 50.8 Å². The summed E-state index contributed by atoms with van der Waals surface area (Å²) in [5, 5.41) is 16.6. The summed E-state index contributed by atoms with van der Waals surface area (Å²) in [4.78, 5) is 12.0. The van der Waals surface area contributed by atoms with Crippen LogP contribution in [0.25, 0.3) is 10.9 Å². The van der Waals surface area contributed by atoms with Crippen molar-refractivity contribution in [3.63, 3.8) is 0 Å². The smallest absolute Gasteiger partial charge is 0.249 e. The molecular weight excluding hydrogens is 523 g/mol. The summed E-state index contributed by atoms with van der Waals surface area (Å²) in [5.41, 5.74) is 10.5. The molecule has 5 N–H and O–H groups in total. The fourth-order valence-corrected chi connectivity index (χ4v) is 4.70. The summed E-state index contributed by atoms with van der Waals surface area (Å²) < 4.78 is 27.2. The van der Waals surface area contributed by atoms with Crippen LogP contribution in [-0.4, -0.2) is 27.6 Å².